The molecule has 0 spiro atoms. The molecule has 0 saturated heterocycles. The Morgan fingerprint density at radius 2 is 1.79 bits per heavy atom. The van der Waals surface area contributed by atoms with E-state index >= 15 is 0 Å². The van der Waals surface area contributed by atoms with Crippen LogP contribution >= 0.6 is 0 Å². The summed E-state index contributed by atoms with van der Waals surface area (Å²) in [4.78, 5) is 16.2. The summed E-state index contributed by atoms with van der Waals surface area (Å²) in [5, 5.41) is 4.53. The Balaban J connectivity index is 1.23. The molecular weight excluding hydrogens is 296 g/mol. The van der Waals surface area contributed by atoms with Crippen LogP contribution in [0.1, 0.15) is 44.1 Å². The molecule has 2 N–H and O–H groups in total. The van der Waals surface area contributed by atoms with Gasteiger partial charge in [0.25, 0.3) is 0 Å². The van der Waals surface area contributed by atoms with Crippen LogP contribution in [0.5, 0.6) is 0 Å². The predicted molar refractivity (Wildman–Crippen MR) is 95.6 cm³/mol. The van der Waals surface area contributed by atoms with E-state index < -0.39 is 0 Å². The van der Waals surface area contributed by atoms with Crippen molar-refractivity contribution in [3.63, 3.8) is 0 Å². The summed E-state index contributed by atoms with van der Waals surface area (Å²) in [6, 6.07) is 8.62. The lowest BCUT2D eigenvalue weighted by Gasteiger charge is -2.55. The largest absolute Gasteiger partial charge is 0.361 e. The van der Waals surface area contributed by atoms with Crippen LogP contribution in [-0.4, -0.2) is 17.4 Å². The molecule has 4 aliphatic rings. The average molecular weight is 322 g/mol. The number of carbonyl (C=O) groups is 1. The smallest absolute Gasteiger partial charge is 0.226 e. The number of hydrogen-bond acceptors (Lipinski definition) is 1. The first-order chi connectivity index (χ1) is 11.7. The molecule has 3 heteroatoms. The van der Waals surface area contributed by atoms with Crippen molar-refractivity contribution >= 4 is 16.8 Å². The van der Waals surface area contributed by atoms with Crippen LogP contribution in [-0.2, 0) is 11.2 Å². The summed E-state index contributed by atoms with van der Waals surface area (Å²) >= 11 is 0. The highest BCUT2D eigenvalue weighted by atomic mass is 16.2. The molecule has 1 heterocycles. The Bertz CT molecular complexity index is 740. The number of amides is 1. The van der Waals surface area contributed by atoms with Crippen LogP contribution in [0.25, 0.3) is 10.9 Å². The third kappa shape index (κ3) is 2.37. The monoisotopic (exact) mass is 322 g/mol. The molecular formula is C21H26N2O. The second-order valence-electron chi connectivity index (χ2n) is 8.60. The molecule has 0 aliphatic heterocycles. The van der Waals surface area contributed by atoms with E-state index in [1.165, 1.54) is 35.7 Å². The second-order valence-corrected chi connectivity index (χ2v) is 8.60. The number of benzene rings is 1. The number of aromatic amines is 1. The third-order valence-corrected chi connectivity index (χ3v) is 6.84. The highest BCUT2D eigenvalue weighted by molar-refractivity contribution is 5.83. The van der Waals surface area contributed by atoms with Gasteiger partial charge in [-0.3, -0.25) is 4.79 Å². The Morgan fingerprint density at radius 3 is 2.50 bits per heavy atom. The van der Waals surface area contributed by atoms with E-state index in [9.17, 15) is 4.79 Å². The minimum Gasteiger partial charge on any atom is -0.361 e. The van der Waals surface area contributed by atoms with Gasteiger partial charge in [-0.05, 0) is 85.8 Å². The molecule has 0 atom stereocenters. The molecule has 1 amide bonds. The van der Waals surface area contributed by atoms with Gasteiger partial charge in [-0.15, -0.1) is 0 Å². The van der Waals surface area contributed by atoms with Gasteiger partial charge >= 0.3 is 0 Å². The van der Waals surface area contributed by atoms with Crippen LogP contribution in [0.4, 0.5) is 0 Å². The lowest BCUT2D eigenvalue weighted by Crippen LogP contribution is -2.53. The van der Waals surface area contributed by atoms with E-state index in [-0.39, 0.29) is 5.41 Å². The highest BCUT2D eigenvalue weighted by Gasteiger charge is 2.54. The number of nitrogens with one attached hydrogen (secondary N) is 2. The fourth-order valence-electron chi connectivity index (χ4n) is 6.15. The lowest BCUT2D eigenvalue weighted by molar-refractivity contribution is -0.146. The Hall–Kier alpha value is -1.77. The van der Waals surface area contributed by atoms with Gasteiger partial charge < -0.3 is 10.3 Å². The first-order valence-corrected chi connectivity index (χ1v) is 9.54. The maximum absolute atomic E-state index is 12.9. The van der Waals surface area contributed by atoms with E-state index in [1.54, 1.807) is 0 Å². The van der Waals surface area contributed by atoms with Crippen molar-refractivity contribution in [1.29, 1.82) is 0 Å². The topological polar surface area (TPSA) is 44.9 Å². The molecule has 1 aromatic heterocycles. The van der Waals surface area contributed by atoms with Gasteiger partial charge in [0.2, 0.25) is 5.91 Å². The molecule has 4 aliphatic carbocycles. The Labute approximate surface area is 143 Å². The van der Waals surface area contributed by atoms with Crippen molar-refractivity contribution in [3.05, 3.63) is 36.0 Å². The number of rotatable bonds is 4. The Morgan fingerprint density at radius 1 is 1.08 bits per heavy atom. The number of aromatic nitrogens is 1. The van der Waals surface area contributed by atoms with Gasteiger partial charge in [0.15, 0.2) is 0 Å². The summed E-state index contributed by atoms with van der Waals surface area (Å²) in [6.07, 6.45) is 10.5. The standard InChI is InChI=1S/C21H26N2O/c24-20(21-11-15-7-16(12-21)9-17(8-15)13-21)23-5-3-14-1-2-18-4-6-22-19(18)10-14/h1-2,4,6,10,15-17,22H,3,5,7-9,11-13H2,(H,23,24). The van der Waals surface area contributed by atoms with Crippen molar-refractivity contribution in [2.45, 2.75) is 44.9 Å². The molecule has 1 aromatic carbocycles. The normalized spacial score (nSPS) is 33.9. The maximum atomic E-state index is 12.9. The van der Waals surface area contributed by atoms with Crippen molar-refractivity contribution in [1.82, 2.24) is 10.3 Å². The van der Waals surface area contributed by atoms with Crippen LogP contribution in [0.3, 0.4) is 0 Å². The van der Waals surface area contributed by atoms with Gasteiger partial charge in [-0.25, -0.2) is 0 Å². The SMILES string of the molecule is O=C(NCCc1ccc2cc[nH]c2c1)C12CC3CC(CC(C3)C1)C2. The third-order valence-electron chi connectivity index (χ3n) is 6.84. The first-order valence-electron chi connectivity index (χ1n) is 9.54. The van der Waals surface area contributed by atoms with Crippen molar-refractivity contribution in [2.75, 3.05) is 6.54 Å². The molecule has 0 radical (unpaired) electrons. The van der Waals surface area contributed by atoms with Crippen LogP contribution in [0, 0.1) is 23.2 Å². The summed E-state index contributed by atoms with van der Waals surface area (Å²) in [7, 11) is 0. The zero-order chi connectivity index (χ0) is 16.1. The minimum absolute atomic E-state index is 0.0157. The zero-order valence-corrected chi connectivity index (χ0v) is 14.2. The number of hydrogen-bond donors (Lipinski definition) is 2. The minimum atomic E-state index is -0.0157. The molecule has 0 unspecified atom stereocenters. The molecule has 4 fully saturated rings. The first kappa shape index (κ1) is 14.6. The van der Waals surface area contributed by atoms with E-state index in [2.05, 4.69) is 34.6 Å². The molecule has 3 nitrogen and oxygen atoms in total. The van der Waals surface area contributed by atoms with E-state index in [0.717, 1.165) is 50.0 Å². The van der Waals surface area contributed by atoms with E-state index in [4.69, 9.17) is 0 Å². The molecule has 126 valence electrons. The van der Waals surface area contributed by atoms with Crippen molar-refractivity contribution < 1.29 is 4.79 Å². The van der Waals surface area contributed by atoms with Crippen LogP contribution < -0.4 is 5.32 Å². The van der Waals surface area contributed by atoms with E-state index in [0.29, 0.717) is 5.91 Å². The fraction of sp³-hybridized carbons (Fsp3) is 0.571. The zero-order valence-electron chi connectivity index (χ0n) is 14.2. The molecule has 24 heavy (non-hydrogen) atoms. The van der Waals surface area contributed by atoms with Gasteiger partial charge in [0, 0.05) is 23.7 Å². The quantitative estimate of drug-likeness (QED) is 0.876. The van der Waals surface area contributed by atoms with Crippen molar-refractivity contribution in [2.24, 2.45) is 23.2 Å². The van der Waals surface area contributed by atoms with Gasteiger partial charge in [-0.2, -0.15) is 0 Å². The summed E-state index contributed by atoms with van der Waals surface area (Å²) in [5.74, 6) is 2.84. The number of fused-ring (bicyclic) bond motifs is 1. The molecule has 4 bridgehead atoms. The average Bonchev–Trinajstić information content (AvgIpc) is 3.01. The predicted octanol–water partition coefficient (Wildman–Crippen LogP) is 4.04. The molecule has 4 saturated carbocycles. The lowest BCUT2D eigenvalue weighted by atomic mass is 9.49. The highest BCUT2D eigenvalue weighted by Crippen LogP contribution is 2.60. The molecule has 6 rings (SSSR count). The second kappa shape index (κ2) is 5.37. The molecule has 2 aromatic rings. The fourth-order valence-corrected chi connectivity index (χ4v) is 6.15. The van der Waals surface area contributed by atoms with Crippen LogP contribution in [0.15, 0.2) is 30.5 Å². The maximum Gasteiger partial charge on any atom is 0.226 e. The summed E-state index contributed by atoms with van der Waals surface area (Å²) in [6.45, 7) is 0.757. The van der Waals surface area contributed by atoms with E-state index in [1.807, 2.05) is 6.20 Å². The summed E-state index contributed by atoms with van der Waals surface area (Å²) < 4.78 is 0. The van der Waals surface area contributed by atoms with Gasteiger partial charge in [0.05, 0.1) is 0 Å². The summed E-state index contributed by atoms with van der Waals surface area (Å²) in [5.41, 5.74) is 2.45. The van der Waals surface area contributed by atoms with Gasteiger partial charge in [0.1, 0.15) is 0 Å². The number of carbonyl (C=O) groups excluding carboxylic acids is 1. The van der Waals surface area contributed by atoms with Gasteiger partial charge in [-0.1, -0.05) is 12.1 Å². The number of H-pyrrole nitrogens is 1. The Kier molecular flexibility index (Phi) is 3.26. The van der Waals surface area contributed by atoms with Crippen LogP contribution in [0.2, 0.25) is 0 Å². The van der Waals surface area contributed by atoms with Crippen molar-refractivity contribution in [3.8, 4) is 0 Å².